The monoisotopic (exact) mass is 330 g/mol. The highest BCUT2D eigenvalue weighted by Gasteiger charge is 2.34. The van der Waals surface area contributed by atoms with Crippen molar-refractivity contribution in [2.45, 2.75) is 5.92 Å². The van der Waals surface area contributed by atoms with E-state index in [2.05, 4.69) is 30.7 Å². The van der Waals surface area contributed by atoms with Crippen LogP contribution in [0.15, 0.2) is 57.7 Å². The van der Waals surface area contributed by atoms with Gasteiger partial charge in [-0.2, -0.15) is 5.10 Å². The van der Waals surface area contributed by atoms with Gasteiger partial charge in [-0.1, -0.05) is 12.1 Å². The van der Waals surface area contributed by atoms with Crippen LogP contribution in [-0.4, -0.2) is 20.5 Å². The molecule has 0 saturated heterocycles. The highest BCUT2D eigenvalue weighted by molar-refractivity contribution is 5.88. The normalized spacial score (nSPS) is 16.5. The third-order valence-electron chi connectivity index (χ3n) is 4.32. The Morgan fingerprint density at radius 3 is 2.96 bits per heavy atom. The molecule has 1 aromatic carbocycles. The number of aromatic nitrogens is 4. The lowest BCUT2D eigenvalue weighted by molar-refractivity contribution is 0.315. The van der Waals surface area contributed by atoms with Crippen molar-refractivity contribution < 1.29 is 9.05 Å². The van der Waals surface area contributed by atoms with Gasteiger partial charge in [0.15, 0.2) is 0 Å². The number of furan rings is 1. The molecule has 25 heavy (non-hydrogen) atoms. The van der Waals surface area contributed by atoms with Gasteiger partial charge in [0.05, 0.1) is 36.9 Å². The predicted molar refractivity (Wildman–Crippen MR) is 88.1 cm³/mol. The van der Waals surface area contributed by atoms with E-state index in [1.807, 2.05) is 24.3 Å². The molecular weight excluding hydrogens is 320 g/mol. The maximum absolute atomic E-state index is 7.78. The van der Waals surface area contributed by atoms with E-state index < -0.39 is 0 Å². The van der Waals surface area contributed by atoms with Crippen LogP contribution in [0.25, 0.3) is 21.6 Å². The van der Waals surface area contributed by atoms with Crippen molar-refractivity contribution in [2.24, 2.45) is 0 Å². The van der Waals surface area contributed by atoms with Gasteiger partial charge in [0.25, 0.3) is 0 Å². The van der Waals surface area contributed by atoms with Gasteiger partial charge in [0.2, 0.25) is 5.70 Å². The Hall–Kier alpha value is -3.86. The van der Waals surface area contributed by atoms with Crippen molar-refractivity contribution in [1.29, 1.82) is 0 Å². The lowest BCUT2D eigenvalue weighted by atomic mass is 9.85. The van der Waals surface area contributed by atoms with E-state index in [4.69, 9.17) is 15.6 Å². The molecule has 0 bridgehead atoms. The van der Waals surface area contributed by atoms with E-state index in [0.717, 1.165) is 22.5 Å². The average molecular weight is 330 g/mol. The van der Waals surface area contributed by atoms with E-state index in [1.165, 1.54) is 0 Å². The minimum atomic E-state index is -0.340. The first-order valence-electron chi connectivity index (χ1n) is 7.52. The largest absolute Gasteiger partial charge is 0.472 e. The molecule has 2 N–H and O–H groups in total. The lowest BCUT2D eigenvalue weighted by Gasteiger charge is -2.25. The lowest BCUT2D eigenvalue weighted by Crippen LogP contribution is -2.16. The average Bonchev–Trinajstić information content (AvgIpc) is 3.40. The molecule has 0 amide bonds. The number of rotatable bonds is 2. The predicted octanol–water partition coefficient (Wildman–Crippen LogP) is 3.38. The highest BCUT2D eigenvalue weighted by atomic mass is 16.6. The molecule has 5 rings (SSSR count). The van der Waals surface area contributed by atoms with Crippen LogP contribution in [0, 0.1) is 6.57 Å². The Labute approximate surface area is 140 Å². The van der Waals surface area contributed by atoms with Gasteiger partial charge >= 0.3 is 0 Å². The molecule has 120 valence electrons. The van der Waals surface area contributed by atoms with Crippen molar-refractivity contribution in [3.8, 4) is 0 Å². The molecule has 1 aliphatic rings. The van der Waals surface area contributed by atoms with Crippen LogP contribution in [-0.2, 0) is 0 Å². The smallest absolute Gasteiger partial charge is 0.200 e. The number of anilines is 1. The summed E-state index contributed by atoms with van der Waals surface area (Å²) in [6.07, 6.45) is 4.90. The SMILES string of the molecule is [C-]#[N+]C1=C(c2ccoc2)Nc2[nH]ncc2C1c1cccc2nonc12. The summed E-state index contributed by atoms with van der Waals surface area (Å²) in [5, 5.41) is 18.3. The number of aromatic amines is 1. The molecule has 1 aliphatic heterocycles. The van der Waals surface area contributed by atoms with Gasteiger partial charge in [-0.15, -0.1) is 0 Å². The summed E-state index contributed by atoms with van der Waals surface area (Å²) >= 11 is 0. The number of hydrogen-bond acceptors (Lipinski definition) is 6. The highest BCUT2D eigenvalue weighted by Crippen LogP contribution is 2.45. The molecule has 4 heterocycles. The van der Waals surface area contributed by atoms with E-state index >= 15 is 0 Å². The standard InChI is InChI=1S/C17H10N6O2/c1-18-16-13(10-3-2-4-12-15(10)23-25-22-12)11-7-19-21-17(11)20-14(16)9-5-6-24-8-9/h2-8,13H,(H2,19,20,21). The minimum Gasteiger partial charge on any atom is -0.472 e. The summed E-state index contributed by atoms with van der Waals surface area (Å²) in [7, 11) is 0. The molecule has 0 radical (unpaired) electrons. The molecule has 0 aliphatic carbocycles. The van der Waals surface area contributed by atoms with E-state index in [-0.39, 0.29) is 5.92 Å². The molecule has 0 spiro atoms. The van der Waals surface area contributed by atoms with Crippen molar-refractivity contribution in [3.05, 3.63) is 76.8 Å². The maximum Gasteiger partial charge on any atom is 0.200 e. The zero-order chi connectivity index (χ0) is 16.8. The van der Waals surface area contributed by atoms with Crippen LogP contribution >= 0.6 is 0 Å². The van der Waals surface area contributed by atoms with E-state index in [0.29, 0.717) is 22.4 Å². The molecule has 8 nitrogen and oxygen atoms in total. The fourth-order valence-corrected chi connectivity index (χ4v) is 3.22. The number of nitrogens with zero attached hydrogens (tertiary/aromatic N) is 4. The fraction of sp³-hybridized carbons (Fsp3) is 0.0588. The van der Waals surface area contributed by atoms with Gasteiger partial charge in [-0.25, -0.2) is 9.47 Å². The summed E-state index contributed by atoms with van der Waals surface area (Å²) < 4.78 is 10.1. The number of nitrogens with one attached hydrogen (secondary N) is 2. The van der Waals surface area contributed by atoms with Gasteiger partial charge < -0.3 is 9.73 Å². The van der Waals surface area contributed by atoms with Gasteiger partial charge in [-0.05, 0) is 28.0 Å². The number of allylic oxidation sites excluding steroid dienone is 1. The first-order valence-corrected chi connectivity index (χ1v) is 7.52. The second kappa shape index (κ2) is 5.07. The van der Waals surface area contributed by atoms with Gasteiger partial charge in [0, 0.05) is 11.1 Å². The molecule has 0 saturated carbocycles. The first kappa shape index (κ1) is 13.6. The Bertz CT molecular complexity index is 1150. The van der Waals surface area contributed by atoms with Crippen LogP contribution in [0.4, 0.5) is 5.82 Å². The topological polar surface area (TPSA) is 97.1 Å². The third kappa shape index (κ3) is 1.89. The van der Waals surface area contributed by atoms with Crippen LogP contribution in [0.3, 0.4) is 0 Å². The number of benzene rings is 1. The summed E-state index contributed by atoms with van der Waals surface area (Å²) in [6.45, 7) is 7.78. The van der Waals surface area contributed by atoms with E-state index in [1.54, 1.807) is 18.7 Å². The fourth-order valence-electron chi connectivity index (χ4n) is 3.22. The zero-order valence-electron chi connectivity index (χ0n) is 12.7. The van der Waals surface area contributed by atoms with Crippen molar-refractivity contribution in [1.82, 2.24) is 20.5 Å². The van der Waals surface area contributed by atoms with Crippen LogP contribution in [0.5, 0.6) is 0 Å². The second-order valence-corrected chi connectivity index (χ2v) is 5.62. The summed E-state index contributed by atoms with van der Waals surface area (Å²) in [4.78, 5) is 3.82. The molecule has 8 heteroatoms. The molecular formula is C17H10N6O2. The van der Waals surface area contributed by atoms with Crippen LogP contribution in [0.2, 0.25) is 0 Å². The second-order valence-electron chi connectivity index (χ2n) is 5.62. The van der Waals surface area contributed by atoms with Crippen molar-refractivity contribution >= 4 is 22.5 Å². The number of fused-ring (bicyclic) bond motifs is 2. The van der Waals surface area contributed by atoms with Crippen molar-refractivity contribution in [3.63, 3.8) is 0 Å². The molecule has 4 aromatic rings. The van der Waals surface area contributed by atoms with Gasteiger partial charge in [-0.3, -0.25) is 5.10 Å². The minimum absolute atomic E-state index is 0.340. The quantitative estimate of drug-likeness (QED) is 0.547. The Kier molecular flexibility index (Phi) is 2.75. The summed E-state index contributed by atoms with van der Waals surface area (Å²) in [5.74, 6) is 0.398. The Morgan fingerprint density at radius 1 is 1.16 bits per heavy atom. The number of hydrogen-bond donors (Lipinski definition) is 2. The van der Waals surface area contributed by atoms with Crippen molar-refractivity contribution in [2.75, 3.05) is 5.32 Å². The third-order valence-corrected chi connectivity index (χ3v) is 4.32. The summed E-state index contributed by atoms with van der Waals surface area (Å²) in [5.41, 5.74) is 5.00. The number of H-pyrrole nitrogens is 1. The van der Waals surface area contributed by atoms with E-state index in [9.17, 15) is 0 Å². The Balaban J connectivity index is 1.82. The Morgan fingerprint density at radius 2 is 2.12 bits per heavy atom. The summed E-state index contributed by atoms with van der Waals surface area (Å²) in [6, 6.07) is 7.44. The molecule has 1 unspecified atom stereocenters. The van der Waals surface area contributed by atoms with Crippen LogP contribution in [0.1, 0.15) is 22.6 Å². The first-order chi connectivity index (χ1) is 12.4. The van der Waals surface area contributed by atoms with Gasteiger partial charge in [0.1, 0.15) is 16.9 Å². The maximum atomic E-state index is 7.78. The molecule has 0 fully saturated rings. The molecule has 3 aromatic heterocycles. The zero-order valence-corrected chi connectivity index (χ0v) is 12.7. The molecule has 1 atom stereocenters. The van der Waals surface area contributed by atoms with Crippen LogP contribution < -0.4 is 5.32 Å².